The minimum absolute atomic E-state index is 0.156. The molecule has 1 aliphatic rings. The lowest BCUT2D eigenvalue weighted by molar-refractivity contribution is -0.126. The van der Waals surface area contributed by atoms with Crippen LogP contribution in [0.1, 0.15) is 28.3 Å². The Morgan fingerprint density at radius 2 is 1.65 bits per heavy atom. The molecule has 0 saturated carbocycles. The predicted molar refractivity (Wildman–Crippen MR) is 96.7 cm³/mol. The van der Waals surface area contributed by atoms with Gasteiger partial charge >= 0.3 is 0 Å². The van der Waals surface area contributed by atoms with Gasteiger partial charge in [-0.15, -0.1) is 0 Å². The van der Waals surface area contributed by atoms with Crippen molar-refractivity contribution in [1.29, 1.82) is 0 Å². The summed E-state index contributed by atoms with van der Waals surface area (Å²) in [5.41, 5.74) is 2.71. The monoisotopic (exact) mass is 376 g/mol. The summed E-state index contributed by atoms with van der Waals surface area (Å²) in [6.45, 7) is 5.81. The van der Waals surface area contributed by atoms with Gasteiger partial charge in [0.2, 0.25) is 15.9 Å². The number of rotatable bonds is 3. The maximum absolute atomic E-state index is 13.4. The Morgan fingerprint density at radius 1 is 1.08 bits per heavy atom. The lowest BCUT2D eigenvalue weighted by atomic mass is 10.0. The number of benzene rings is 2. The van der Waals surface area contributed by atoms with Gasteiger partial charge in [-0.25, -0.2) is 12.8 Å². The van der Waals surface area contributed by atoms with Crippen molar-refractivity contribution in [3.63, 3.8) is 0 Å². The number of hydrogen-bond acceptors (Lipinski definition) is 3. The molecule has 1 unspecified atom stereocenters. The van der Waals surface area contributed by atoms with Crippen LogP contribution in [-0.4, -0.2) is 31.7 Å². The molecular formula is C19H21FN2O3S. The minimum Gasteiger partial charge on any atom is -0.353 e. The van der Waals surface area contributed by atoms with Crippen LogP contribution in [0.15, 0.2) is 41.3 Å². The molecule has 0 aromatic heterocycles. The summed E-state index contributed by atoms with van der Waals surface area (Å²) in [6.07, 6.45) is 0. The molecular weight excluding hydrogens is 355 g/mol. The van der Waals surface area contributed by atoms with Gasteiger partial charge in [-0.05, 0) is 49.6 Å². The summed E-state index contributed by atoms with van der Waals surface area (Å²) in [5.74, 6) is -0.849. The van der Waals surface area contributed by atoms with Crippen LogP contribution in [0.3, 0.4) is 0 Å². The number of amides is 1. The van der Waals surface area contributed by atoms with E-state index >= 15 is 0 Å². The zero-order chi connectivity index (χ0) is 19.1. The fourth-order valence-corrected chi connectivity index (χ4v) is 5.55. The molecule has 0 spiro atoms. The number of sulfonamides is 1. The van der Waals surface area contributed by atoms with Gasteiger partial charge in [0, 0.05) is 13.1 Å². The molecule has 1 aliphatic heterocycles. The molecule has 1 heterocycles. The van der Waals surface area contributed by atoms with Crippen molar-refractivity contribution in [2.75, 3.05) is 13.1 Å². The van der Waals surface area contributed by atoms with Gasteiger partial charge in [-0.3, -0.25) is 4.79 Å². The second-order valence-corrected chi connectivity index (χ2v) is 8.42. The highest BCUT2D eigenvalue weighted by atomic mass is 32.2. The Kier molecular flexibility index (Phi) is 4.86. The van der Waals surface area contributed by atoms with Gasteiger partial charge in [0.25, 0.3) is 0 Å². The zero-order valence-electron chi connectivity index (χ0n) is 14.9. The molecule has 2 aromatic rings. The average Bonchev–Trinajstić information content (AvgIpc) is 2.54. The molecule has 1 saturated heterocycles. The van der Waals surface area contributed by atoms with E-state index < -0.39 is 27.8 Å². The highest BCUT2D eigenvalue weighted by molar-refractivity contribution is 7.89. The lowest BCUT2D eigenvalue weighted by Gasteiger charge is -2.35. The molecule has 0 aliphatic carbocycles. The topological polar surface area (TPSA) is 66.5 Å². The Bertz CT molecular complexity index is 932. The number of aryl methyl sites for hydroxylation is 3. The van der Waals surface area contributed by atoms with E-state index in [1.54, 1.807) is 13.8 Å². The highest BCUT2D eigenvalue weighted by Crippen LogP contribution is 2.33. The maximum Gasteiger partial charge on any atom is 0.244 e. The molecule has 1 atom stereocenters. The standard InChI is InChI=1S/C19H21FN2O3S/c1-12-10-13(2)18(14(3)11-12)26(24,25)22-9-8-21-19(23)17(22)15-4-6-16(20)7-5-15/h4-7,10-11,17H,8-9H2,1-3H3,(H,21,23). The number of nitrogens with one attached hydrogen (secondary N) is 1. The number of carbonyl (C=O) groups excluding carboxylic acids is 1. The lowest BCUT2D eigenvalue weighted by Crippen LogP contribution is -2.52. The van der Waals surface area contributed by atoms with E-state index in [1.807, 2.05) is 19.1 Å². The minimum atomic E-state index is -3.90. The van der Waals surface area contributed by atoms with E-state index in [2.05, 4.69) is 5.32 Å². The molecule has 0 radical (unpaired) electrons. The van der Waals surface area contributed by atoms with E-state index in [1.165, 1.54) is 28.6 Å². The molecule has 3 rings (SSSR count). The number of hydrogen-bond donors (Lipinski definition) is 1. The van der Waals surface area contributed by atoms with Crippen LogP contribution in [-0.2, 0) is 14.8 Å². The Labute approximate surface area is 152 Å². The van der Waals surface area contributed by atoms with Gasteiger partial charge in [0.1, 0.15) is 11.9 Å². The second kappa shape index (κ2) is 6.81. The predicted octanol–water partition coefficient (Wildman–Crippen LogP) is 2.61. The first-order valence-electron chi connectivity index (χ1n) is 8.34. The number of carbonyl (C=O) groups is 1. The molecule has 26 heavy (non-hydrogen) atoms. The molecule has 5 nitrogen and oxygen atoms in total. The summed E-state index contributed by atoms with van der Waals surface area (Å²) in [7, 11) is -3.90. The van der Waals surface area contributed by atoms with Crippen molar-refractivity contribution in [1.82, 2.24) is 9.62 Å². The van der Waals surface area contributed by atoms with E-state index in [0.29, 0.717) is 16.7 Å². The third kappa shape index (κ3) is 3.24. The molecule has 1 fully saturated rings. The van der Waals surface area contributed by atoms with Crippen LogP contribution in [0.2, 0.25) is 0 Å². The molecule has 1 N–H and O–H groups in total. The first kappa shape index (κ1) is 18.5. The van der Waals surface area contributed by atoms with E-state index in [0.717, 1.165) is 5.56 Å². The molecule has 7 heteroatoms. The summed E-state index contributed by atoms with van der Waals surface area (Å²) in [6, 6.07) is 7.96. The van der Waals surface area contributed by atoms with E-state index in [9.17, 15) is 17.6 Å². The van der Waals surface area contributed by atoms with Gasteiger partial charge in [0.15, 0.2) is 0 Å². The van der Waals surface area contributed by atoms with Crippen molar-refractivity contribution in [3.05, 3.63) is 64.5 Å². The summed E-state index contributed by atoms with van der Waals surface area (Å²) in [5, 5.41) is 2.70. The van der Waals surface area contributed by atoms with Gasteiger partial charge in [0.05, 0.1) is 4.90 Å². The number of halogens is 1. The van der Waals surface area contributed by atoms with Crippen LogP contribution in [0.4, 0.5) is 4.39 Å². The molecule has 0 bridgehead atoms. The summed E-state index contributed by atoms with van der Waals surface area (Å²) in [4.78, 5) is 12.7. The van der Waals surface area contributed by atoms with Crippen molar-refractivity contribution in [2.45, 2.75) is 31.7 Å². The average molecular weight is 376 g/mol. The number of nitrogens with zero attached hydrogens (tertiary/aromatic N) is 1. The summed E-state index contributed by atoms with van der Waals surface area (Å²) < 4.78 is 41.3. The van der Waals surface area contributed by atoms with Crippen LogP contribution in [0.5, 0.6) is 0 Å². The first-order chi connectivity index (χ1) is 12.2. The summed E-state index contributed by atoms with van der Waals surface area (Å²) >= 11 is 0. The van der Waals surface area contributed by atoms with Crippen molar-refractivity contribution < 1.29 is 17.6 Å². The van der Waals surface area contributed by atoms with Crippen molar-refractivity contribution in [2.24, 2.45) is 0 Å². The zero-order valence-corrected chi connectivity index (χ0v) is 15.7. The Morgan fingerprint density at radius 3 is 2.23 bits per heavy atom. The van der Waals surface area contributed by atoms with Crippen molar-refractivity contribution >= 4 is 15.9 Å². The van der Waals surface area contributed by atoms with Crippen molar-refractivity contribution in [3.8, 4) is 0 Å². The molecule has 138 valence electrons. The highest BCUT2D eigenvalue weighted by Gasteiger charge is 2.40. The fraction of sp³-hybridized carbons (Fsp3) is 0.316. The van der Waals surface area contributed by atoms with Crippen LogP contribution < -0.4 is 5.32 Å². The largest absolute Gasteiger partial charge is 0.353 e. The third-order valence-electron chi connectivity index (χ3n) is 4.52. The Hall–Kier alpha value is -2.25. The van der Waals surface area contributed by atoms with Gasteiger partial charge < -0.3 is 5.32 Å². The van der Waals surface area contributed by atoms with Gasteiger partial charge in [-0.2, -0.15) is 4.31 Å². The molecule has 2 aromatic carbocycles. The SMILES string of the molecule is Cc1cc(C)c(S(=O)(=O)N2CCNC(=O)C2c2ccc(F)cc2)c(C)c1. The van der Waals surface area contributed by atoms with E-state index in [-0.39, 0.29) is 18.0 Å². The Balaban J connectivity index is 2.12. The second-order valence-electron chi connectivity index (χ2n) is 6.59. The van der Waals surface area contributed by atoms with Gasteiger partial charge in [-0.1, -0.05) is 29.8 Å². The fourth-order valence-electron chi connectivity index (χ4n) is 3.56. The third-order valence-corrected chi connectivity index (χ3v) is 6.70. The van der Waals surface area contributed by atoms with Crippen LogP contribution in [0, 0.1) is 26.6 Å². The smallest absolute Gasteiger partial charge is 0.244 e. The quantitative estimate of drug-likeness (QED) is 0.895. The van der Waals surface area contributed by atoms with E-state index in [4.69, 9.17) is 0 Å². The normalized spacial score (nSPS) is 18.6. The maximum atomic E-state index is 13.4. The first-order valence-corrected chi connectivity index (χ1v) is 9.78. The van der Waals surface area contributed by atoms with Crippen LogP contribution in [0.25, 0.3) is 0 Å². The van der Waals surface area contributed by atoms with Crippen LogP contribution >= 0.6 is 0 Å². The molecule has 1 amide bonds. The number of piperazine rings is 1.